The van der Waals surface area contributed by atoms with Gasteiger partial charge in [-0.05, 0) is 41.1 Å². The Kier molecular flexibility index (Phi) is 6.07. The Morgan fingerprint density at radius 3 is 2.89 bits per heavy atom. The number of ether oxygens (including phenoxy) is 1. The lowest BCUT2D eigenvalue weighted by Gasteiger charge is -2.15. The van der Waals surface area contributed by atoms with Gasteiger partial charge in [0.25, 0.3) is 0 Å². The third-order valence-electron chi connectivity index (χ3n) is 2.30. The smallest absolute Gasteiger partial charge is 0.242 e. The third-order valence-corrected chi connectivity index (χ3v) is 2.94. The van der Waals surface area contributed by atoms with Crippen molar-refractivity contribution < 1.29 is 13.9 Å². The van der Waals surface area contributed by atoms with Crippen LogP contribution in [0.4, 0.5) is 10.1 Å². The Hall–Kier alpha value is -1.14. The fourth-order valence-electron chi connectivity index (χ4n) is 1.33. The largest absolute Gasteiger partial charge is 0.383 e. The molecule has 1 amide bonds. The minimum atomic E-state index is -0.442. The SMILES string of the molecule is COCCNC(=O)C(C)Nc1ccc(Br)c(F)c1. The summed E-state index contributed by atoms with van der Waals surface area (Å²) in [6.45, 7) is 2.63. The molecule has 1 aromatic carbocycles. The first-order valence-electron chi connectivity index (χ1n) is 5.53. The van der Waals surface area contributed by atoms with Crippen molar-refractivity contribution in [2.45, 2.75) is 13.0 Å². The molecule has 100 valence electrons. The second kappa shape index (κ2) is 7.33. The molecule has 1 atom stereocenters. The summed E-state index contributed by atoms with van der Waals surface area (Å²) in [5, 5.41) is 5.62. The Labute approximate surface area is 114 Å². The van der Waals surface area contributed by atoms with Crippen molar-refractivity contribution in [1.29, 1.82) is 0 Å². The van der Waals surface area contributed by atoms with Gasteiger partial charge in [0, 0.05) is 19.3 Å². The van der Waals surface area contributed by atoms with Crippen LogP contribution in [-0.2, 0) is 9.53 Å². The van der Waals surface area contributed by atoms with Crippen molar-refractivity contribution >= 4 is 27.5 Å². The Balaban J connectivity index is 2.50. The molecule has 0 aliphatic carbocycles. The van der Waals surface area contributed by atoms with Gasteiger partial charge in [-0.3, -0.25) is 4.79 Å². The molecule has 0 aliphatic heterocycles. The molecule has 1 aromatic rings. The van der Waals surface area contributed by atoms with Crippen molar-refractivity contribution in [1.82, 2.24) is 5.32 Å². The van der Waals surface area contributed by atoms with Gasteiger partial charge in [-0.2, -0.15) is 0 Å². The summed E-state index contributed by atoms with van der Waals surface area (Å²) in [6, 6.07) is 4.19. The van der Waals surface area contributed by atoms with E-state index in [1.54, 1.807) is 26.2 Å². The van der Waals surface area contributed by atoms with Gasteiger partial charge in [0.1, 0.15) is 11.9 Å². The molecule has 0 aliphatic rings. The van der Waals surface area contributed by atoms with Crippen LogP contribution in [0.1, 0.15) is 6.92 Å². The van der Waals surface area contributed by atoms with E-state index in [0.29, 0.717) is 23.3 Å². The molecule has 0 fully saturated rings. The molecule has 0 radical (unpaired) electrons. The number of hydrogen-bond donors (Lipinski definition) is 2. The molecule has 6 heteroatoms. The van der Waals surface area contributed by atoms with E-state index in [9.17, 15) is 9.18 Å². The van der Waals surface area contributed by atoms with E-state index in [4.69, 9.17) is 4.74 Å². The van der Waals surface area contributed by atoms with Crippen molar-refractivity contribution in [3.05, 3.63) is 28.5 Å². The predicted octanol–water partition coefficient (Wildman–Crippen LogP) is 2.15. The molecule has 1 unspecified atom stereocenters. The van der Waals surface area contributed by atoms with E-state index < -0.39 is 6.04 Å². The maximum atomic E-state index is 13.3. The summed E-state index contributed by atoms with van der Waals surface area (Å²) in [5.41, 5.74) is 0.560. The normalized spacial score (nSPS) is 12.0. The molecule has 0 bridgehead atoms. The zero-order valence-corrected chi connectivity index (χ0v) is 11.9. The maximum absolute atomic E-state index is 13.3. The maximum Gasteiger partial charge on any atom is 0.242 e. The van der Waals surface area contributed by atoms with E-state index in [-0.39, 0.29) is 11.7 Å². The van der Waals surface area contributed by atoms with Crippen LogP contribution in [0.25, 0.3) is 0 Å². The average molecular weight is 319 g/mol. The van der Waals surface area contributed by atoms with E-state index >= 15 is 0 Å². The number of halogens is 2. The van der Waals surface area contributed by atoms with Crippen molar-refractivity contribution in [2.75, 3.05) is 25.6 Å². The highest BCUT2D eigenvalue weighted by atomic mass is 79.9. The fourth-order valence-corrected chi connectivity index (χ4v) is 1.58. The summed E-state index contributed by atoms with van der Waals surface area (Å²) < 4.78 is 18.5. The number of carbonyl (C=O) groups excluding carboxylic acids is 1. The summed E-state index contributed by atoms with van der Waals surface area (Å²) in [6.07, 6.45) is 0. The van der Waals surface area contributed by atoms with Crippen LogP contribution < -0.4 is 10.6 Å². The summed E-state index contributed by atoms with van der Waals surface area (Å²) in [7, 11) is 1.57. The topological polar surface area (TPSA) is 50.4 Å². The molecule has 0 aromatic heterocycles. The molecule has 0 spiro atoms. The van der Waals surface area contributed by atoms with Crippen LogP contribution in [-0.4, -0.2) is 32.2 Å². The first-order valence-corrected chi connectivity index (χ1v) is 6.32. The van der Waals surface area contributed by atoms with Gasteiger partial charge in [-0.15, -0.1) is 0 Å². The van der Waals surface area contributed by atoms with Crippen LogP contribution in [0.2, 0.25) is 0 Å². The molecule has 0 heterocycles. The molecule has 18 heavy (non-hydrogen) atoms. The van der Waals surface area contributed by atoms with Gasteiger partial charge < -0.3 is 15.4 Å². The lowest BCUT2D eigenvalue weighted by atomic mass is 10.2. The number of amides is 1. The Morgan fingerprint density at radius 1 is 1.56 bits per heavy atom. The monoisotopic (exact) mass is 318 g/mol. The number of rotatable bonds is 6. The number of hydrogen-bond acceptors (Lipinski definition) is 3. The third kappa shape index (κ3) is 4.62. The second-order valence-corrected chi connectivity index (χ2v) is 4.63. The number of carbonyl (C=O) groups is 1. The molecule has 2 N–H and O–H groups in total. The van der Waals surface area contributed by atoms with Crippen LogP contribution >= 0.6 is 15.9 Å². The first-order chi connectivity index (χ1) is 8.54. The highest BCUT2D eigenvalue weighted by Crippen LogP contribution is 2.19. The van der Waals surface area contributed by atoms with Crippen LogP contribution in [0.5, 0.6) is 0 Å². The van der Waals surface area contributed by atoms with Crippen molar-refractivity contribution in [3.63, 3.8) is 0 Å². The number of anilines is 1. The van der Waals surface area contributed by atoms with E-state index in [2.05, 4.69) is 26.6 Å². The molecular formula is C12H16BrFN2O2. The van der Waals surface area contributed by atoms with Gasteiger partial charge in [0.15, 0.2) is 0 Å². The number of nitrogens with one attached hydrogen (secondary N) is 2. The van der Waals surface area contributed by atoms with Crippen molar-refractivity contribution in [3.8, 4) is 0 Å². The standard InChI is InChI=1S/C12H16BrFN2O2/c1-8(12(17)15-5-6-18-2)16-9-3-4-10(13)11(14)7-9/h3-4,7-8,16H,5-6H2,1-2H3,(H,15,17). The minimum absolute atomic E-state index is 0.157. The Bertz CT molecular complexity index is 415. The van der Waals surface area contributed by atoms with Gasteiger partial charge in [-0.1, -0.05) is 0 Å². The summed E-state index contributed by atoms with van der Waals surface area (Å²) >= 11 is 3.07. The fraction of sp³-hybridized carbons (Fsp3) is 0.417. The zero-order chi connectivity index (χ0) is 13.5. The highest BCUT2D eigenvalue weighted by Gasteiger charge is 2.12. The average Bonchev–Trinajstić information content (AvgIpc) is 2.34. The number of methoxy groups -OCH3 is 1. The molecule has 4 nitrogen and oxygen atoms in total. The van der Waals surface area contributed by atoms with Gasteiger partial charge >= 0.3 is 0 Å². The minimum Gasteiger partial charge on any atom is -0.383 e. The lowest BCUT2D eigenvalue weighted by Crippen LogP contribution is -2.39. The molecular weight excluding hydrogens is 303 g/mol. The van der Waals surface area contributed by atoms with Crippen LogP contribution in [0.3, 0.4) is 0 Å². The summed E-state index contributed by atoms with van der Waals surface area (Å²) in [5.74, 6) is -0.526. The zero-order valence-electron chi connectivity index (χ0n) is 10.3. The van der Waals surface area contributed by atoms with E-state index in [1.807, 2.05) is 0 Å². The van der Waals surface area contributed by atoms with E-state index in [0.717, 1.165) is 0 Å². The first kappa shape index (κ1) is 14.9. The number of benzene rings is 1. The van der Waals surface area contributed by atoms with Crippen molar-refractivity contribution in [2.24, 2.45) is 0 Å². The van der Waals surface area contributed by atoms with Crippen LogP contribution in [0.15, 0.2) is 22.7 Å². The second-order valence-electron chi connectivity index (χ2n) is 3.78. The van der Waals surface area contributed by atoms with Gasteiger partial charge in [0.2, 0.25) is 5.91 Å². The molecule has 1 rings (SSSR count). The van der Waals surface area contributed by atoms with Gasteiger partial charge in [0.05, 0.1) is 11.1 Å². The van der Waals surface area contributed by atoms with E-state index in [1.165, 1.54) is 6.07 Å². The summed E-state index contributed by atoms with van der Waals surface area (Å²) in [4.78, 5) is 11.6. The molecule has 0 saturated heterocycles. The quantitative estimate of drug-likeness (QED) is 0.790. The Morgan fingerprint density at radius 2 is 2.28 bits per heavy atom. The predicted molar refractivity (Wildman–Crippen MR) is 72.1 cm³/mol. The highest BCUT2D eigenvalue weighted by molar-refractivity contribution is 9.10. The molecule has 0 saturated carbocycles. The van der Waals surface area contributed by atoms with Crippen LogP contribution in [0, 0.1) is 5.82 Å². The van der Waals surface area contributed by atoms with Gasteiger partial charge in [-0.25, -0.2) is 4.39 Å². The lowest BCUT2D eigenvalue weighted by molar-refractivity contribution is -0.121.